The maximum absolute atomic E-state index is 12.3. The zero-order valence-electron chi connectivity index (χ0n) is 11.5. The molecular formula is C14H19N3O2S. The van der Waals surface area contributed by atoms with E-state index >= 15 is 0 Å². The van der Waals surface area contributed by atoms with Crippen molar-refractivity contribution in [1.29, 1.82) is 5.26 Å². The quantitative estimate of drug-likeness (QED) is 0.881. The minimum atomic E-state index is -3.28. The number of nitriles is 1. The molecular weight excluding hydrogens is 274 g/mol. The van der Waals surface area contributed by atoms with Crippen molar-refractivity contribution in [3.63, 3.8) is 0 Å². The van der Waals surface area contributed by atoms with Crippen molar-refractivity contribution in [2.24, 2.45) is 0 Å². The smallest absolute Gasteiger partial charge is 0.179 e. The maximum atomic E-state index is 12.3. The van der Waals surface area contributed by atoms with E-state index in [1.165, 1.54) is 12.1 Å². The Hall–Kier alpha value is -1.42. The number of nitrogens with zero attached hydrogens (tertiary/aromatic N) is 2. The monoisotopic (exact) mass is 293 g/mol. The SMILES string of the molecule is CC1CNCCN1CCS(=O)(=O)c1ccc(C#N)cc1. The second-order valence-corrected chi connectivity index (χ2v) is 7.15. The normalized spacial score (nSPS) is 20.5. The summed E-state index contributed by atoms with van der Waals surface area (Å²) >= 11 is 0. The average Bonchev–Trinajstić information content (AvgIpc) is 2.46. The van der Waals surface area contributed by atoms with Crippen molar-refractivity contribution >= 4 is 9.84 Å². The zero-order chi connectivity index (χ0) is 14.6. The Morgan fingerprint density at radius 3 is 2.70 bits per heavy atom. The number of piperazine rings is 1. The molecule has 1 unspecified atom stereocenters. The Labute approximate surface area is 120 Å². The first-order valence-corrected chi connectivity index (χ1v) is 8.36. The molecule has 1 aliphatic rings. The largest absolute Gasteiger partial charge is 0.314 e. The lowest BCUT2D eigenvalue weighted by Crippen LogP contribution is -2.50. The third-order valence-corrected chi connectivity index (χ3v) is 5.34. The molecule has 0 bridgehead atoms. The molecule has 1 aromatic carbocycles. The summed E-state index contributed by atoms with van der Waals surface area (Å²) in [5, 5.41) is 12.0. The molecule has 1 fully saturated rings. The van der Waals surface area contributed by atoms with Crippen molar-refractivity contribution in [3.05, 3.63) is 29.8 Å². The standard InChI is InChI=1S/C14H19N3O2S/c1-12-11-16-6-7-17(12)8-9-20(18,19)14-4-2-13(10-15)3-5-14/h2-5,12,16H,6-9,11H2,1H3. The minimum Gasteiger partial charge on any atom is -0.314 e. The van der Waals surface area contributed by atoms with Crippen molar-refractivity contribution < 1.29 is 8.42 Å². The highest BCUT2D eigenvalue weighted by molar-refractivity contribution is 7.91. The molecule has 1 atom stereocenters. The number of sulfone groups is 1. The van der Waals surface area contributed by atoms with Gasteiger partial charge in [0.05, 0.1) is 22.3 Å². The Bertz CT molecular complexity index is 590. The fraction of sp³-hybridized carbons (Fsp3) is 0.500. The molecule has 20 heavy (non-hydrogen) atoms. The van der Waals surface area contributed by atoms with E-state index < -0.39 is 9.84 Å². The van der Waals surface area contributed by atoms with Gasteiger partial charge >= 0.3 is 0 Å². The minimum absolute atomic E-state index is 0.114. The molecule has 6 heteroatoms. The Morgan fingerprint density at radius 2 is 2.10 bits per heavy atom. The summed E-state index contributed by atoms with van der Waals surface area (Å²) in [4.78, 5) is 2.48. The highest BCUT2D eigenvalue weighted by Crippen LogP contribution is 2.13. The van der Waals surface area contributed by atoms with Crippen LogP contribution in [0.3, 0.4) is 0 Å². The molecule has 1 saturated heterocycles. The van der Waals surface area contributed by atoms with Crippen LogP contribution in [0.25, 0.3) is 0 Å². The predicted octanol–water partition coefficient (Wildman–Crippen LogP) is 0.626. The Kier molecular flexibility index (Phi) is 4.76. The molecule has 1 aliphatic heterocycles. The summed E-state index contributed by atoms with van der Waals surface area (Å²) in [5.74, 6) is 0.114. The van der Waals surface area contributed by atoms with Gasteiger partial charge in [0.15, 0.2) is 9.84 Å². The van der Waals surface area contributed by atoms with E-state index in [-0.39, 0.29) is 5.75 Å². The molecule has 108 valence electrons. The van der Waals surface area contributed by atoms with E-state index in [0.717, 1.165) is 19.6 Å². The number of rotatable bonds is 4. The van der Waals surface area contributed by atoms with Gasteiger partial charge in [0.25, 0.3) is 0 Å². The summed E-state index contributed by atoms with van der Waals surface area (Å²) in [6.45, 7) is 5.33. The lowest BCUT2D eigenvalue weighted by Gasteiger charge is -2.33. The fourth-order valence-corrected chi connectivity index (χ4v) is 3.57. The molecule has 0 aromatic heterocycles. The van der Waals surface area contributed by atoms with E-state index in [4.69, 9.17) is 5.26 Å². The third-order valence-electron chi connectivity index (χ3n) is 3.63. The molecule has 0 amide bonds. The highest BCUT2D eigenvalue weighted by Gasteiger charge is 2.21. The average molecular weight is 293 g/mol. The number of nitrogens with one attached hydrogen (secondary N) is 1. The third kappa shape index (κ3) is 3.57. The molecule has 1 heterocycles. The van der Waals surface area contributed by atoms with E-state index in [1.54, 1.807) is 12.1 Å². The van der Waals surface area contributed by atoms with Crippen molar-refractivity contribution in [3.8, 4) is 6.07 Å². The first-order valence-electron chi connectivity index (χ1n) is 6.70. The van der Waals surface area contributed by atoms with Gasteiger partial charge in [-0.1, -0.05) is 0 Å². The molecule has 1 aromatic rings. The topological polar surface area (TPSA) is 73.2 Å². The fourth-order valence-electron chi connectivity index (χ4n) is 2.31. The Morgan fingerprint density at radius 1 is 1.40 bits per heavy atom. The lowest BCUT2D eigenvalue weighted by atomic mass is 10.2. The highest BCUT2D eigenvalue weighted by atomic mass is 32.2. The van der Waals surface area contributed by atoms with Crippen LogP contribution in [0.15, 0.2) is 29.2 Å². The summed E-state index contributed by atoms with van der Waals surface area (Å²) < 4.78 is 24.5. The van der Waals surface area contributed by atoms with Gasteiger partial charge < -0.3 is 5.32 Å². The van der Waals surface area contributed by atoms with Gasteiger partial charge in [-0.2, -0.15) is 5.26 Å². The molecule has 2 rings (SSSR count). The molecule has 0 radical (unpaired) electrons. The van der Waals surface area contributed by atoms with Crippen LogP contribution in [0.5, 0.6) is 0 Å². The van der Waals surface area contributed by atoms with Crippen LogP contribution < -0.4 is 5.32 Å². The molecule has 0 aliphatic carbocycles. The van der Waals surface area contributed by atoms with Gasteiger partial charge in [0.2, 0.25) is 0 Å². The summed E-state index contributed by atoms with van der Waals surface area (Å²) in [7, 11) is -3.28. The van der Waals surface area contributed by atoms with Crippen LogP contribution in [-0.2, 0) is 9.84 Å². The van der Waals surface area contributed by atoms with Gasteiger partial charge in [0.1, 0.15) is 0 Å². The van der Waals surface area contributed by atoms with Gasteiger partial charge in [-0.25, -0.2) is 8.42 Å². The number of hydrogen-bond acceptors (Lipinski definition) is 5. The summed E-state index contributed by atoms with van der Waals surface area (Å²) in [6, 6.07) is 8.45. The van der Waals surface area contributed by atoms with Crippen LogP contribution in [0.4, 0.5) is 0 Å². The summed E-state index contributed by atoms with van der Waals surface area (Å²) in [6.07, 6.45) is 0. The first-order chi connectivity index (χ1) is 9.53. The van der Waals surface area contributed by atoms with Gasteiger partial charge in [-0.05, 0) is 31.2 Å². The molecule has 0 saturated carbocycles. The lowest BCUT2D eigenvalue weighted by molar-refractivity contribution is 0.184. The van der Waals surface area contributed by atoms with E-state index in [0.29, 0.717) is 23.0 Å². The second-order valence-electron chi connectivity index (χ2n) is 5.04. The maximum Gasteiger partial charge on any atom is 0.179 e. The van der Waals surface area contributed by atoms with Crippen molar-refractivity contribution in [2.45, 2.75) is 17.9 Å². The van der Waals surface area contributed by atoms with Gasteiger partial charge in [-0.15, -0.1) is 0 Å². The number of hydrogen-bond donors (Lipinski definition) is 1. The van der Waals surface area contributed by atoms with Crippen LogP contribution in [-0.4, -0.2) is 51.3 Å². The van der Waals surface area contributed by atoms with Crippen molar-refractivity contribution in [2.75, 3.05) is 31.9 Å². The van der Waals surface area contributed by atoms with Crippen LogP contribution >= 0.6 is 0 Å². The first kappa shape index (κ1) is 15.0. The molecule has 1 N–H and O–H groups in total. The van der Waals surface area contributed by atoms with Gasteiger partial charge in [-0.3, -0.25) is 4.90 Å². The summed E-state index contributed by atoms with van der Waals surface area (Å²) in [5.41, 5.74) is 0.472. The molecule has 5 nitrogen and oxygen atoms in total. The zero-order valence-corrected chi connectivity index (χ0v) is 12.4. The van der Waals surface area contributed by atoms with Crippen LogP contribution in [0.2, 0.25) is 0 Å². The van der Waals surface area contributed by atoms with Gasteiger partial charge in [0, 0.05) is 32.2 Å². The number of benzene rings is 1. The second kappa shape index (κ2) is 6.35. The van der Waals surface area contributed by atoms with Crippen LogP contribution in [0.1, 0.15) is 12.5 Å². The van der Waals surface area contributed by atoms with E-state index in [9.17, 15) is 8.42 Å². The Balaban J connectivity index is 2.01. The van der Waals surface area contributed by atoms with Crippen LogP contribution in [0, 0.1) is 11.3 Å². The predicted molar refractivity (Wildman–Crippen MR) is 77.1 cm³/mol. The van der Waals surface area contributed by atoms with Crippen molar-refractivity contribution in [1.82, 2.24) is 10.2 Å². The van der Waals surface area contributed by atoms with E-state index in [1.807, 2.05) is 6.07 Å². The molecule has 0 spiro atoms. The van der Waals surface area contributed by atoms with E-state index in [2.05, 4.69) is 17.1 Å².